The zero-order chi connectivity index (χ0) is 27.5. The first-order valence-electron chi connectivity index (χ1n) is 11.9. The normalized spacial score (nSPS) is 11.1. The quantitative estimate of drug-likeness (QED) is 0.432. The van der Waals surface area contributed by atoms with Crippen LogP contribution in [0.15, 0.2) is 60.8 Å². The van der Waals surface area contributed by atoms with Crippen molar-refractivity contribution in [1.29, 1.82) is 0 Å². The summed E-state index contributed by atoms with van der Waals surface area (Å²) in [5, 5.41) is 0. The highest BCUT2D eigenvalue weighted by Crippen LogP contribution is 2.31. The van der Waals surface area contributed by atoms with Crippen LogP contribution < -0.4 is 15.2 Å². The summed E-state index contributed by atoms with van der Waals surface area (Å²) in [4.78, 5) is 37.2. The molecule has 1 atom stereocenters. The summed E-state index contributed by atoms with van der Waals surface area (Å²) in [6.07, 6.45) is 1.54. The van der Waals surface area contributed by atoms with Gasteiger partial charge in [0.15, 0.2) is 11.4 Å². The molecule has 2 aromatic carbocycles. The number of ether oxygens (including phenoxy) is 3. The summed E-state index contributed by atoms with van der Waals surface area (Å²) < 4.78 is 15.3. The van der Waals surface area contributed by atoms with Crippen molar-refractivity contribution >= 4 is 17.8 Å². The lowest BCUT2D eigenvalue weighted by atomic mass is 9.86. The standard InChI is InChI=1S/C20H24O2.C9H10N2O4/c1-5-19(21)22-16(4)20(17-10-6-8-14(2)12-17)18-11-7-9-15(3)13-18;1-5(12)15-8-6(14-2)3-4-11-7(8)9(10)13/h6-13,16,20H,5H2,1-4H3;3-4H,1-2H3,(H2,10,13). The van der Waals surface area contributed by atoms with Gasteiger partial charge in [0, 0.05) is 31.5 Å². The van der Waals surface area contributed by atoms with E-state index in [4.69, 9.17) is 19.9 Å². The SMILES string of the molecule is CCC(=O)OC(C)C(c1cccc(C)c1)c1cccc(C)c1.COc1ccnc(C(N)=O)c1OC(C)=O. The number of nitrogens with two attached hydrogens (primary N) is 1. The molecule has 1 aromatic heterocycles. The Morgan fingerprint density at radius 2 is 1.54 bits per heavy atom. The van der Waals surface area contributed by atoms with E-state index in [2.05, 4.69) is 67.4 Å². The molecule has 1 unspecified atom stereocenters. The van der Waals surface area contributed by atoms with Crippen molar-refractivity contribution in [2.45, 2.75) is 53.1 Å². The molecule has 2 N–H and O–H groups in total. The Bertz CT molecular complexity index is 1200. The average Bonchev–Trinajstić information content (AvgIpc) is 2.84. The molecule has 8 heteroatoms. The van der Waals surface area contributed by atoms with Crippen LogP contribution in [0.1, 0.15) is 65.9 Å². The molecule has 1 amide bonds. The monoisotopic (exact) mass is 506 g/mol. The molecule has 0 aliphatic heterocycles. The summed E-state index contributed by atoms with van der Waals surface area (Å²) in [7, 11) is 1.38. The maximum Gasteiger partial charge on any atom is 0.308 e. The highest BCUT2D eigenvalue weighted by Gasteiger charge is 2.24. The third-order valence-electron chi connectivity index (χ3n) is 5.45. The summed E-state index contributed by atoms with van der Waals surface area (Å²) in [5.41, 5.74) is 9.72. The van der Waals surface area contributed by atoms with Crippen LogP contribution in [-0.2, 0) is 14.3 Å². The first-order valence-corrected chi connectivity index (χ1v) is 11.9. The van der Waals surface area contributed by atoms with Gasteiger partial charge < -0.3 is 19.9 Å². The second-order valence-electron chi connectivity index (χ2n) is 8.50. The number of amides is 1. The van der Waals surface area contributed by atoms with E-state index < -0.39 is 11.9 Å². The number of aromatic nitrogens is 1. The predicted molar refractivity (Wildman–Crippen MR) is 141 cm³/mol. The first-order chi connectivity index (χ1) is 17.6. The largest absolute Gasteiger partial charge is 0.493 e. The molecule has 0 radical (unpaired) electrons. The van der Waals surface area contributed by atoms with Crippen LogP contribution in [0.2, 0.25) is 0 Å². The van der Waals surface area contributed by atoms with Gasteiger partial charge in [0.1, 0.15) is 6.10 Å². The lowest BCUT2D eigenvalue weighted by Crippen LogP contribution is -2.23. The van der Waals surface area contributed by atoms with Gasteiger partial charge in [0.25, 0.3) is 5.91 Å². The molecule has 0 aliphatic rings. The van der Waals surface area contributed by atoms with Crippen LogP contribution in [0.3, 0.4) is 0 Å². The van der Waals surface area contributed by atoms with Crippen LogP contribution >= 0.6 is 0 Å². The van der Waals surface area contributed by atoms with Crippen molar-refractivity contribution in [3.05, 3.63) is 88.7 Å². The minimum atomic E-state index is -0.787. The van der Waals surface area contributed by atoms with Crippen molar-refractivity contribution in [2.24, 2.45) is 5.73 Å². The van der Waals surface area contributed by atoms with E-state index in [1.54, 1.807) is 0 Å². The summed E-state index contributed by atoms with van der Waals surface area (Å²) >= 11 is 0. The van der Waals surface area contributed by atoms with Gasteiger partial charge in [0.05, 0.1) is 7.11 Å². The van der Waals surface area contributed by atoms with Gasteiger partial charge in [-0.05, 0) is 31.9 Å². The molecular formula is C29H34N2O6. The number of pyridine rings is 1. The summed E-state index contributed by atoms with van der Waals surface area (Å²) in [5.74, 6) is -1.30. The number of carbonyl (C=O) groups is 3. The zero-order valence-electron chi connectivity index (χ0n) is 22.1. The molecule has 0 spiro atoms. The molecule has 0 aliphatic carbocycles. The van der Waals surface area contributed by atoms with Crippen molar-refractivity contribution in [1.82, 2.24) is 4.98 Å². The van der Waals surface area contributed by atoms with Crippen molar-refractivity contribution in [2.75, 3.05) is 7.11 Å². The lowest BCUT2D eigenvalue weighted by Gasteiger charge is -2.25. The van der Waals surface area contributed by atoms with E-state index in [-0.39, 0.29) is 35.2 Å². The Morgan fingerprint density at radius 1 is 0.973 bits per heavy atom. The molecule has 0 saturated heterocycles. The molecule has 3 rings (SSSR count). The van der Waals surface area contributed by atoms with Gasteiger partial charge in [-0.1, -0.05) is 66.6 Å². The van der Waals surface area contributed by atoms with E-state index in [0.717, 1.165) is 0 Å². The number of aryl methyl sites for hydroxylation is 2. The molecule has 0 bridgehead atoms. The molecule has 37 heavy (non-hydrogen) atoms. The highest BCUT2D eigenvalue weighted by atomic mass is 16.6. The minimum absolute atomic E-state index is 0.0512. The average molecular weight is 507 g/mol. The Balaban J connectivity index is 0.000000281. The Labute approximate surface area is 217 Å². The van der Waals surface area contributed by atoms with Crippen LogP contribution in [0, 0.1) is 13.8 Å². The zero-order valence-corrected chi connectivity index (χ0v) is 22.1. The smallest absolute Gasteiger partial charge is 0.308 e. The molecule has 3 aromatic rings. The fourth-order valence-corrected chi connectivity index (χ4v) is 3.83. The van der Waals surface area contributed by atoms with Crippen LogP contribution in [0.25, 0.3) is 0 Å². The van der Waals surface area contributed by atoms with Crippen LogP contribution in [0.4, 0.5) is 0 Å². The second-order valence-corrected chi connectivity index (χ2v) is 8.50. The minimum Gasteiger partial charge on any atom is -0.493 e. The van der Waals surface area contributed by atoms with E-state index >= 15 is 0 Å². The summed E-state index contributed by atoms with van der Waals surface area (Å²) in [6.45, 7) is 9.17. The van der Waals surface area contributed by atoms with Crippen molar-refractivity contribution < 1.29 is 28.6 Å². The number of esters is 2. The van der Waals surface area contributed by atoms with Crippen molar-refractivity contribution in [3.8, 4) is 11.5 Å². The van der Waals surface area contributed by atoms with Crippen molar-refractivity contribution in [3.63, 3.8) is 0 Å². The van der Waals surface area contributed by atoms with E-state index in [9.17, 15) is 14.4 Å². The highest BCUT2D eigenvalue weighted by molar-refractivity contribution is 5.95. The van der Waals surface area contributed by atoms with Gasteiger partial charge >= 0.3 is 11.9 Å². The molecule has 0 fully saturated rings. The number of carbonyl (C=O) groups excluding carboxylic acids is 3. The fraction of sp³-hybridized carbons (Fsp3) is 0.310. The lowest BCUT2D eigenvalue weighted by molar-refractivity contribution is -0.148. The number of hydrogen-bond acceptors (Lipinski definition) is 7. The number of nitrogens with zero attached hydrogens (tertiary/aromatic N) is 1. The van der Waals surface area contributed by atoms with Gasteiger partial charge in [-0.3, -0.25) is 14.4 Å². The van der Waals surface area contributed by atoms with Gasteiger partial charge in [0.2, 0.25) is 5.75 Å². The Hall–Kier alpha value is -4.20. The molecule has 8 nitrogen and oxygen atoms in total. The Morgan fingerprint density at radius 3 is 1.97 bits per heavy atom. The van der Waals surface area contributed by atoms with Gasteiger partial charge in [-0.2, -0.15) is 0 Å². The predicted octanol–water partition coefficient (Wildman–Crippen LogP) is 4.89. The maximum atomic E-state index is 11.7. The van der Waals surface area contributed by atoms with E-state index in [1.807, 2.05) is 13.8 Å². The molecule has 1 heterocycles. The van der Waals surface area contributed by atoms with Gasteiger partial charge in [-0.25, -0.2) is 4.98 Å². The van der Waals surface area contributed by atoms with E-state index in [0.29, 0.717) is 6.42 Å². The topological polar surface area (TPSA) is 118 Å². The van der Waals surface area contributed by atoms with Crippen LogP contribution in [0.5, 0.6) is 11.5 Å². The van der Waals surface area contributed by atoms with Crippen LogP contribution in [-0.4, -0.2) is 36.0 Å². The maximum absolute atomic E-state index is 11.7. The number of rotatable bonds is 8. The number of primary amides is 1. The molecule has 196 valence electrons. The van der Waals surface area contributed by atoms with E-state index in [1.165, 1.54) is 48.6 Å². The Kier molecular flexibility index (Phi) is 10.8. The molecular weight excluding hydrogens is 472 g/mol. The number of methoxy groups -OCH3 is 1. The summed E-state index contributed by atoms with van der Waals surface area (Å²) in [6, 6.07) is 18.3. The second kappa shape index (κ2) is 13.8. The number of benzene rings is 2. The van der Waals surface area contributed by atoms with Gasteiger partial charge in [-0.15, -0.1) is 0 Å². The first kappa shape index (κ1) is 29.0. The molecule has 0 saturated carbocycles. The fourth-order valence-electron chi connectivity index (χ4n) is 3.83. The third-order valence-corrected chi connectivity index (χ3v) is 5.45. The number of hydrogen-bond donors (Lipinski definition) is 1. The third kappa shape index (κ3) is 8.45.